The van der Waals surface area contributed by atoms with E-state index in [0.717, 1.165) is 6.42 Å². The van der Waals surface area contributed by atoms with E-state index >= 15 is 0 Å². The van der Waals surface area contributed by atoms with Gasteiger partial charge in [0, 0.05) is 16.6 Å². The Morgan fingerprint density at radius 3 is 2.57 bits per heavy atom. The minimum Gasteiger partial charge on any atom is -0.457 e. The van der Waals surface area contributed by atoms with E-state index in [4.69, 9.17) is 10.5 Å². The molecule has 1 unspecified atom stereocenters. The maximum Gasteiger partial charge on any atom is 0.131 e. The van der Waals surface area contributed by atoms with Gasteiger partial charge in [-0.05, 0) is 48.7 Å². The van der Waals surface area contributed by atoms with E-state index in [-0.39, 0.29) is 11.9 Å². The Bertz CT molecular complexity index is 613. The predicted octanol–water partition coefficient (Wildman–Crippen LogP) is 4.80. The van der Waals surface area contributed by atoms with Crippen molar-refractivity contribution in [1.29, 1.82) is 0 Å². The minimum atomic E-state index is -0.409. The Morgan fingerprint density at radius 1 is 1.14 bits per heavy atom. The van der Waals surface area contributed by atoms with Crippen molar-refractivity contribution in [1.82, 2.24) is 0 Å². The Balaban J connectivity index is 2.30. The molecule has 2 aromatic carbocycles. The molecular formula is C16H16BrF2NO. The predicted molar refractivity (Wildman–Crippen MR) is 82.5 cm³/mol. The summed E-state index contributed by atoms with van der Waals surface area (Å²) < 4.78 is 33.0. The van der Waals surface area contributed by atoms with Crippen LogP contribution in [0.5, 0.6) is 11.5 Å². The van der Waals surface area contributed by atoms with Crippen molar-refractivity contribution in [2.24, 2.45) is 5.73 Å². The molecule has 112 valence electrons. The van der Waals surface area contributed by atoms with Gasteiger partial charge in [0.2, 0.25) is 0 Å². The van der Waals surface area contributed by atoms with E-state index in [2.05, 4.69) is 15.9 Å². The first-order valence-electron chi connectivity index (χ1n) is 6.66. The van der Waals surface area contributed by atoms with Crippen molar-refractivity contribution in [3.8, 4) is 11.5 Å². The molecule has 0 amide bonds. The van der Waals surface area contributed by atoms with Gasteiger partial charge in [0.05, 0.1) is 0 Å². The largest absolute Gasteiger partial charge is 0.457 e. The van der Waals surface area contributed by atoms with Crippen LogP contribution >= 0.6 is 15.9 Å². The van der Waals surface area contributed by atoms with Crippen LogP contribution in [-0.2, 0) is 6.42 Å². The molecule has 2 aromatic rings. The highest BCUT2D eigenvalue weighted by molar-refractivity contribution is 9.10. The highest BCUT2D eigenvalue weighted by atomic mass is 79.9. The number of hydrogen-bond acceptors (Lipinski definition) is 2. The molecule has 2 rings (SSSR count). The number of rotatable bonds is 5. The third-order valence-corrected chi connectivity index (χ3v) is 3.55. The summed E-state index contributed by atoms with van der Waals surface area (Å²) in [5.74, 6) is 0.0759. The fourth-order valence-corrected chi connectivity index (χ4v) is 2.39. The lowest BCUT2D eigenvalue weighted by atomic mass is 10.0. The molecule has 0 aliphatic heterocycles. The van der Waals surface area contributed by atoms with Gasteiger partial charge < -0.3 is 10.5 Å². The molecular weight excluding hydrogens is 340 g/mol. The fourth-order valence-electron chi connectivity index (χ4n) is 1.95. The molecule has 0 spiro atoms. The summed E-state index contributed by atoms with van der Waals surface area (Å²) in [6, 6.07) is 8.43. The lowest BCUT2D eigenvalue weighted by Crippen LogP contribution is -2.21. The average molecular weight is 356 g/mol. The van der Waals surface area contributed by atoms with Gasteiger partial charge in [0.1, 0.15) is 23.1 Å². The van der Waals surface area contributed by atoms with Gasteiger partial charge in [0.25, 0.3) is 0 Å². The quantitative estimate of drug-likeness (QED) is 0.835. The van der Waals surface area contributed by atoms with Crippen molar-refractivity contribution in [2.45, 2.75) is 25.8 Å². The SMILES string of the molecule is CCC(N)Cc1cc(F)ccc1Oc1cc(F)cc(Br)c1. The van der Waals surface area contributed by atoms with Crippen LogP contribution in [0.25, 0.3) is 0 Å². The summed E-state index contributed by atoms with van der Waals surface area (Å²) in [6.07, 6.45) is 1.28. The monoisotopic (exact) mass is 355 g/mol. The molecule has 1 atom stereocenters. The fraction of sp³-hybridized carbons (Fsp3) is 0.250. The second kappa shape index (κ2) is 7.00. The van der Waals surface area contributed by atoms with Gasteiger partial charge in [-0.15, -0.1) is 0 Å². The summed E-state index contributed by atoms with van der Waals surface area (Å²) in [4.78, 5) is 0. The van der Waals surface area contributed by atoms with Gasteiger partial charge >= 0.3 is 0 Å². The maximum absolute atomic E-state index is 13.4. The number of benzene rings is 2. The Hall–Kier alpha value is -1.46. The van der Waals surface area contributed by atoms with Crippen molar-refractivity contribution in [3.05, 3.63) is 58.1 Å². The summed E-state index contributed by atoms with van der Waals surface area (Å²) >= 11 is 3.21. The lowest BCUT2D eigenvalue weighted by Gasteiger charge is -2.14. The first-order valence-corrected chi connectivity index (χ1v) is 7.45. The molecule has 0 heterocycles. The standard InChI is InChI=1S/C16H16BrF2NO/c1-2-14(20)6-10-5-12(18)3-4-16(10)21-15-8-11(17)7-13(19)9-15/h3-5,7-9,14H,2,6,20H2,1H3. The minimum absolute atomic E-state index is 0.0756. The number of nitrogens with two attached hydrogens (primary N) is 1. The smallest absolute Gasteiger partial charge is 0.131 e. The molecule has 0 saturated heterocycles. The van der Waals surface area contributed by atoms with Crippen LogP contribution in [0.15, 0.2) is 40.9 Å². The number of ether oxygens (including phenoxy) is 1. The topological polar surface area (TPSA) is 35.2 Å². The van der Waals surface area contributed by atoms with Crippen molar-refractivity contribution in [3.63, 3.8) is 0 Å². The molecule has 5 heteroatoms. The van der Waals surface area contributed by atoms with Gasteiger partial charge in [-0.2, -0.15) is 0 Å². The van der Waals surface area contributed by atoms with Gasteiger partial charge in [-0.25, -0.2) is 8.78 Å². The molecule has 0 fully saturated rings. The maximum atomic E-state index is 13.4. The van der Waals surface area contributed by atoms with Gasteiger partial charge in [-0.1, -0.05) is 22.9 Å². The Morgan fingerprint density at radius 2 is 1.90 bits per heavy atom. The van der Waals surface area contributed by atoms with E-state index in [1.807, 2.05) is 6.92 Å². The van der Waals surface area contributed by atoms with Crippen molar-refractivity contribution < 1.29 is 13.5 Å². The van der Waals surface area contributed by atoms with Crippen LogP contribution in [0.4, 0.5) is 8.78 Å². The van der Waals surface area contributed by atoms with Crippen LogP contribution in [-0.4, -0.2) is 6.04 Å². The summed E-state index contributed by atoms with van der Waals surface area (Å²) in [5.41, 5.74) is 6.59. The van der Waals surface area contributed by atoms with Crippen molar-refractivity contribution >= 4 is 15.9 Å². The Labute approximate surface area is 131 Å². The highest BCUT2D eigenvalue weighted by Gasteiger charge is 2.11. The first-order chi connectivity index (χ1) is 9.97. The normalized spacial score (nSPS) is 12.2. The first kappa shape index (κ1) is 15.9. The summed E-state index contributed by atoms with van der Waals surface area (Å²) in [5, 5.41) is 0. The third-order valence-electron chi connectivity index (χ3n) is 3.09. The summed E-state index contributed by atoms with van der Waals surface area (Å²) in [7, 11) is 0. The zero-order valence-corrected chi connectivity index (χ0v) is 13.2. The molecule has 0 aromatic heterocycles. The van der Waals surface area contributed by atoms with E-state index in [9.17, 15) is 8.78 Å². The van der Waals surface area contributed by atoms with E-state index in [1.165, 1.54) is 30.3 Å². The van der Waals surface area contributed by atoms with Crippen LogP contribution in [0.3, 0.4) is 0 Å². The third kappa shape index (κ3) is 4.51. The van der Waals surface area contributed by atoms with E-state index < -0.39 is 5.82 Å². The molecule has 0 radical (unpaired) electrons. The van der Waals surface area contributed by atoms with E-state index in [1.54, 1.807) is 6.07 Å². The molecule has 0 aliphatic carbocycles. The summed E-state index contributed by atoms with van der Waals surface area (Å²) in [6.45, 7) is 1.97. The molecule has 21 heavy (non-hydrogen) atoms. The molecule has 0 bridgehead atoms. The lowest BCUT2D eigenvalue weighted by molar-refractivity contribution is 0.464. The zero-order chi connectivity index (χ0) is 15.4. The van der Waals surface area contributed by atoms with Crippen molar-refractivity contribution in [2.75, 3.05) is 0 Å². The highest BCUT2D eigenvalue weighted by Crippen LogP contribution is 2.29. The van der Waals surface area contributed by atoms with Gasteiger partial charge in [0.15, 0.2) is 0 Å². The van der Waals surface area contributed by atoms with Crippen LogP contribution in [0.1, 0.15) is 18.9 Å². The molecule has 2 nitrogen and oxygen atoms in total. The molecule has 0 saturated carbocycles. The Kier molecular flexibility index (Phi) is 5.31. The average Bonchev–Trinajstić information content (AvgIpc) is 2.40. The van der Waals surface area contributed by atoms with Crippen LogP contribution in [0, 0.1) is 11.6 Å². The zero-order valence-electron chi connectivity index (χ0n) is 11.6. The van der Waals surface area contributed by atoms with Gasteiger partial charge in [-0.3, -0.25) is 0 Å². The van der Waals surface area contributed by atoms with Crippen LogP contribution in [0.2, 0.25) is 0 Å². The van der Waals surface area contributed by atoms with E-state index in [0.29, 0.717) is 28.0 Å². The number of halogens is 3. The second-order valence-electron chi connectivity index (χ2n) is 4.83. The molecule has 2 N–H and O–H groups in total. The second-order valence-corrected chi connectivity index (χ2v) is 5.75. The van der Waals surface area contributed by atoms with Crippen LogP contribution < -0.4 is 10.5 Å². The molecule has 0 aliphatic rings. The number of hydrogen-bond donors (Lipinski definition) is 1.